The lowest BCUT2D eigenvalue weighted by atomic mass is 10.0. The molecule has 0 aliphatic carbocycles. The average molecular weight is 441 g/mol. The SMILES string of the molecule is N#Cc1ccc(N2CCC(NC(=O)c3cc4c(F)cc(Br)cc4[nH]3)CC2)cc1. The van der Waals surface area contributed by atoms with Crippen LogP contribution in [0.4, 0.5) is 10.1 Å². The highest BCUT2D eigenvalue weighted by Crippen LogP contribution is 2.25. The summed E-state index contributed by atoms with van der Waals surface area (Å²) in [5.41, 5.74) is 2.68. The number of nitriles is 1. The van der Waals surface area contributed by atoms with Gasteiger partial charge in [-0.25, -0.2) is 4.39 Å². The van der Waals surface area contributed by atoms with Gasteiger partial charge in [0.1, 0.15) is 11.5 Å². The number of fused-ring (bicyclic) bond motifs is 1. The van der Waals surface area contributed by atoms with Crippen LogP contribution in [0, 0.1) is 17.1 Å². The second-order valence-corrected chi connectivity index (χ2v) is 7.84. The Bertz CT molecular complexity index is 1060. The minimum atomic E-state index is -0.365. The molecule has 2 heterocycles. The van der Waals surface area contributed by atoms with E-state index >= 15 is 0 Å². The number of carbonyl (C=O) groups is 1. The maximum absolute atomic E-state index is 14.0. The number of nitrogens with zero attached hydrogens (tertiary/aromatic N) is 2. The molecule has 0 atom stereocenters. The van der Waals surface area contributed by atoms with Gasteiger partial charge in [0.05, 0.1) is 17.1 Å². The van der Waals surface area contributed by atoms with Crippen molar-refractivity contribution < 1.29 is 9.18 Å². The lowest BCUT2D eigenvalue weighted by Gasteiger charge is -2.34. The van der Waals surface area contributed by atoms with Crippen molar-refractivity contribution >= 4 is 38.4 Å². The van der Waals surface area contributed by atoms with Crippen molar-refractivity contribution in [3.8, 4) is 6.07 Å². The number of rotatable bonds is 3. The first-order chi connectivity index (χ1) is 13.5. The number of halogens is 2. The second-order valence-electron chi connectivity index (χ2n) is 6.93. The number of benzene rings is 2. The molecular formula is C21H18BrFN4O. The summed E-state index contributed by atoms with van der Waals surface area (Å²) in [5, 5.41) is 12.3. The Morgan fingerprint density at radius 3 is 2.61 bits per heavy atom. The van der Waals surface area contributed by atoms with Crippen LogP contribution < -0.4 is 10.2 Å². The fraction of sp³-hybridized carbons (Fsp3) is 0.238. The molecule has 1 amide bonds. The molecule has 142 valence electrons. The van der Waals surface area contributed by atoms with Gasteiger partial charge in [0.25, 0.3) is 5.91 Å². The van der Waals surface area contributed by atoms with E-state index < -0.39 is 0 Å². The largest absolute Gasteiger partial charge is 0.371 e. The summed E-state index contributed by atoms with van der Waals surface area (Å²) in [4.78, 5) is 17.8. The lowest BCUT2D eigenvalue weighted by Crippen LogP contribution is -2.44. The number of anilines is 1. The molecule has 0 bridgehead atoms. The van der Waals surface area contributed by atoms with Crippen LogP contribution in [-0.4, -0.2) is 30.0 Å². The number of H-pyrrole nitrogens is 1. The topological polar surface area (TPSA) is 71.9 Å². The fourth-order valence-corrected chi connectivity index (χ4v) is 4.00. The third-order valence-corrected chi connectivity index (χ3v) is 5.55. The van der Waals surface area contributed by atoms with Crippen molar-refractivity contribution in [2.75, 3.05) is 18.0 Å². The van der Waals surface area contributed by atoms with Gasteiger partial charge in [-0.15, -0.1) is 0 Å². The third-order valence-electron chi connectivity index (χ3n) is 5.09. The van der Waals surface area contributed by atoms with Gasteiger partial charge >= 0.3 is 0 Å². The van der Waals surface area contributed by atoms with E-state index in [2.05, 4.69) is 37.2 Å². The average Bonchev–Trinajstić information content (AvgIpc) is 3.13. The molecule has 0 unspecified atom stereocenters. The molecular weight excluding hydrogens is 423 g/mol. The van der Waals surface area contributed by atoms with Crippen LogP contribution in [-0.2, 0) is 0 Å². The Labute approximate surface area is 170 Å². The first-order valence-corrected chi connectivity index (χ1v) is 9.86. The Kier molecular flexibility index (Phi) is 5.05. The minimum Gasteiger partial charge on any atom is -0.371 e. The number of aromatic nitrogens is 1. The molecule has 1 fully saturated rings. The molecule has 0 spiro atoms. The predicted octanol–water partition coefficient (Wildman–Crippen LogP) is 4.34. The minimum absolute atomic E-state index is 0.0742. The molecule has 3 aromatic rings. The monoisotopic (exact) mass is 440 g/mol. The van der Waals surface area contributed by atoms with Crippen LogP contribution in [0.3, 0.4) is 0 Å². The van der Waals surface area contributed by atoms with Crippen LogP contribution >= 0.6 is 15.9 Å². The predicted molar refractivity (Wildman–Crippen MR) is 110 cm³/mol. The van der Waals surface area contributed by atoms with Crippen LogP contribution in [0.1, 0.15) is 28.9 Å². The first kappa shape index (κ1) is 18.5. The van der Waals surface area contributed by atoms with E-state index in [9.17, 15) is 9.18 Å². The Balaban J connectivity index is 1.38. The highest BCUT2D eigenvalue weighted by Gasteiger charge is 2.22. The molecule has 5 nitrogen and oxygen atoms in total. The Hall–Kier alpha value is -2.85. The van der Waals surface area contributed by atoms with Crippen LogP contribution in [0.2, 0.25) is 0 Å². The zero-order chi connectivity index (χ0) is 19.7. The van der Waals surface area contributed by atoms with E-state index in [1.165, 1.54) is 6.07 Å². The highest BCUT2D eigenvalue weighted by atomic mass is 79.9. The molecule has 2 N–H and O–H groups in total. The molecule has 0 radical (unpaired) electrons. The number of piperidine rings is 1. The van der Waals surface area contributed by atoms with E-state index in [-0.39, 0.29) is 17.8 Å². The molecule has 1 aliphatic rings. The smallest absolute Gasteiger partial charge is 0.267 e. The molecule has 1 saturated heterocycles. The van der Waals surface area contributed by atoms with Gasteiger partial charge in [0.15, 0.2) is 0 Å². The van der Waals surface area contributed by atoms with Gasteiger partial charge in [-0.2, -0.15) is 5.26 Å². The second kappa shape index (κ2) is 7.64. The van der Waals surface area contributed by atoms with E-state index in [4.69, 9.17) is 5.26 Å². The summed E-state index contributed by atoms with van der Waals surface area (Å²) in [6, 6.07) is 14.4. The number of nitrogens with one attached hydrogen (secondary N) is 2. The maximum Gasteiger partial charge on any atom is 0.267 e. The zero-order valence-electron chi connectivity index (χ0n) is 15.0. The maximum atomic E-state index is 14.0. The summed E-state index contributed by atoms with van der Waals surface area (Å²) in [7, 11) is 0. The molecule has 28 heavy (non-hydrogen) atoms. The van der Waals surface area contributed by atoms with Crippen molar-refractivity contribution in [3.05, 3.63) is 64.0 Å². The van der Waals surface area contributed by atoms with E-state index in [0.29, 0.717) is 26.6 Å². The summed E-state index contributed by atoms with van der Waals surface area (Å²) in [5.74, 6) is -0.584. The van der Waals surface area contributed by atoms with Crippen LogP contribution in [0.15, 0.2) is 46.9 Å². The molecule has 1 aromatic heterocycles. The number of hydrogen-bond donors (Lipinski definition) is 2. The van der Waals surface area contributed by atoms with Crippen LogP contribution in [0.5, 0.6) is 0 Å². The lowest BCUT2D eigenvalue weighted by molar-refractivity contribution is 0.0927. The van der Waals surface area contributed by atoms with Crippen molar-refractivity contribution in [2.24, 2.45) is 0 Å². The summed E-state index contributed by atoms with van der Waals surface area (Å²) < 4.78 is 14.7. The van der Waals surface area contributed by atoms with Crippen molar-refractivity contribution in [1.82, 2.24) is 10.3 Å². The van der Waals surface area contributed by atoms with E-state index in [0.717, 1.165) is 31.6 Å². The van der Waals surface area contributed by atoms with Gasteiger partial charge in [-0.3, -0.25) is 4.79 Å². The normalized spacial score (nSPS) is 14.8. The molecule has 0 saturated carbocycles. The number of hydrogen-bond acceptors (Lipinski definition) is 3. The van der Waals surface area contributed by atoms with Crippen molar-refractivity contribution in [1.29, 1.82) is 5.26 Å². The number of aromatic amines is 1. The van der Waals surface area contributed by atoms with Gasteiger partial charge in [-0.05, 0) is 55.3 Å². The van der Waals surface area contributed by atoms with Gasteiger partial charge in [0.2, 0.25) is 0 Å². The standard InChI is InChI=1S/C21H18BrFN4O/c22-14-9-18(23)17-11-20(26-19(17)10-14)21(28)25-15-5-7-27(8-6-15)16-3-1-13(12-24)2-4-16/h1-4,9-11,15,26H,5-8H2,(H,25,28). The summed E-state index contributed by atoms with van der Waals surface area (Å²) in [6.45, 7) is 1.65. The van der Waals surface area contributed by atoms with Crippen molar-refractivity contribution in [2.45, 2.75) is 18.9 Å². The van der Waals surface area contributed by atoms with Crippen LogP contribution in [0.25, 0.3) is 10.9 Å². The third kappa shape index (κ3) is 3.73. The number of carbonyl (C=O) groups excluding carboxylic acids is 1. The molecule has 4 rings (SSSR count). The Morgan fingerprint density at radius 2 is 1.93 bits per heavy atom. The summed E-state index contributed by atoms with van der Waals surface area (Å²) >= 11 is 3.26. The van der Waals surface area contributed by atoms with Gasteiger partial charge in [0, 0.05) is 34.7 Å². The van der Waals surface area contributed by atoms with Crippen molar-refractivity contribution in [3.63, 3.8) is 0 Å². The zero-order valence-corrected chi connectivity index (χ0v) is 16.6. The molecule has 2 aromatic carbocycles. The molecule has 7 heteroatoms. The summed E-state index contributed by atoms with van der Waals surface area (Å²) in [6.07, 6.45) is 1.65. The number of amides is 1. The molecule has 1 aliphatic heterocycles. The van der Waals surface area contributed by atoms with E-state index in [1.807, 2.05) is 24.3 Å². The quantitative estimate of drug-likeness (QED) is 0.635. The van der Waals surface area contributed by atoms with E-state index in [1.54, 1.807) is 12.1 Å². The Morgan fingerprint density at radius 1 is 1.21 bits per heavy atom. The highest BCUT2D eigenvalue weighted by molar-refractivity contribution is 9.10. The van der Waals surface area contributed by atoms with Gasteiger partial charge < -0.3 is 15.2 Å². The first-order valence-electron chi connectivity index (χ1n) is 9.07. The fourth-order valence-electron chi connectivity index (χ4n) is 3.57. The van der Waals surface area contributed by atoms with Gasteiger partial charge in [-0.1, -0.05) is 15.9 Å².